The van der Waals surface area contributed by atoms with Crippen LogP contribution in [0.3, 0.4) is 0 Å². The first-order valence-electron chi connectivity index (χ1n) is 22.1. The van der Waals surface area contributed by atoms with E-state index in [9.17, 15) is 14.7 Å². The van der Waals surface area contributed by atoms with Gasteiger partial charge in [-0.25, -0.2) is 0 Å². The van der Waals surface area contributed by atoms with Crippen LogP contribution in [0.5, 0.6) is 0 Å². The Bertz CT molecular complexity index is 2060. The monoisotopic (exact) mass is 831 g/mol. The fourth-order valence-electron chi connectivity index (χ4n) is 8.85. The average Bonchev–Trinajstić information content (AvgIpc) is 3.89. The first-order valence-corrected chi connectivity index (χ1v) is 22.1. The number of aryl methyl sites for hydroxylation is 2. The molecule has 3 saturated heterocycles. The van der Waals surface area contributed by atoms with Gasteiger partial charge in [0.1, 0.15) is 17.2 Å². The highest BCUT2D eigenvalue weighted by molar-refractivity contribution is 5.90. The lowest BCUT2D eigenvalue weighted by molar-refractivity contribution is -0.336. The zero-order valence-corrected chi connectivity index (χ0v) is 36.7. The fourth-order valence-corrected chi connectivity index (χ4v) is 8.85. The molecule has 4 aromatic carbocycles. The normalized spacial score (nSPS) is 22.9. The van der Waals surface area contributed by atoms with Gasteiger partial charge in [-0.2, -0.15) is 0 Å². The lowest BCUT2D eigenvalue weighted by Gasteiger charge is -2.50. The van der Waals surface area contributed by atoms with E-state index in [1.807, 2.05) is 60.7 Å². The Kier molecular flexibility index (Phi) is 14.1. The van der Waals surface area contributed by atoms with Crippen molar-refractivity contribution in [2.24, 2.45) is 0 Å². The first-order chi connectivity index (χ1) is 29.3. The summed E-state index contributed by atoms with van der Waals surface area (Å²) in [7, 11) is 0. The molecule has 7 rings (SSSR count). The summed E-state index contributed by atoms with van der Waals surface area (Å²) in [5.74, 6) is -1.62. The smallest absolute Gasteiger partial charge is 0.245 e. The maximum Gasteiger partial charge on any atom is 0.245 e. The van der Waals surface area contributed by atoms with Gasteiger partial charge in [-0.15, -0.1) is 0 Å². The molecule has 3 aliphatic heterocycles. The molecule has 4 aromatic rings. The van der Waals surface area contributed by atoms with Gasteiger partial charge in [-0.05, 0) is 119 Å². The maximum atomic E-state index is 12.9. The van der Waals surface area contributed by atoms with Gasteiger partial charge in [0.05, 0.1) is 31.5 Å². The largest absolute Gasteiger partial charge is 0.387 e. The SMILES string of the molecule is Cc1ccc([C@@]23OC[C@@](C(C)(C)O)(C[C@H](OCc4ccccc4)[C@H]2OCc2ccccc2)O3)cc1Cc1ccc(CCCC(=O)NC(C)(C)C(=O)NCCN2CCCC2)cc1. The van der Waals surface area contributed by atoms with E-state index in [0.29, 0.717) is 45.4 Å². The Morgan fingerprint density at radius 1 is 0.836 bits per heavy atom. The van der Waals surface area contributed by atoms with Crippen molar-refractivity contribution in [3.63, 3.8) is 0 Å². The molecule has 3 N–H and O–H groups in total. The zero-order valence-electron chi connectivity index (χ0n) is 36.7. The minimum atomic E-state index is -1.33. The van der Waals surface area contributed by atoms with Crippen molar-refractivity contribution in [2.45, 2.75) is 128 Å². The van der Waals surface area contributed by atoms with Crippen LogP contribution in [0.15, 0.2) is 103 Å². The van der Waals surface area contributed by atoms with E-state index in [1.165, 1.54) is 12.8 Å². The maximum absolute atomic E-state index is 12.9. The summed E-state index contributed by atoms with van der Waals surface area (Å²) in [6.07, 6.45) is 4.20. The lowest BCUT2D eigenvalue weighted by Crippen LogP contribution is -2.63. The van der Waals surface area contributed by atoms with E-state index in [1.54, 1.807) is 27.7 Å². The van der Waals surface area contributed by atoms with Gasteiger partial charge in [0.25, 0.3) is 0 Å². The number of aliphatic hydroxyl groups is 1. The number of nitrogens with one attached hydrogen (secondary N) is 2. The van der Waals surface area contributed by atoms with E-state index in [0.717, 1.165) is 65.0 Å². The van der Waals surface area contributed by atoms with Crippen molar-refractivity contribution < 1.29 is 33.6 Å². The van der Waals surface area contributed by atoms with Gasteiger partial charge in [-0.3, -0.25) is 9.59 Å². The molecular formula is C51H65N3O7. The quantitative estimate of drug-likeness (QED) is 0.0902. The van der Waals surface area contributed by atoms with Crippen LogP contribution in [0.4, 0.5) is 0 Å². The number of carbonyl (C=O) groups excluding carboxylic acids is 2. The van der Waals surface area contributed by atoms with Crippen molar-refractivity contribution in [1.29, 1.82) is 0 Å². The van der Waals surface area contributed by atoms with Gasteiger partial charge in [0.2, 0.25) is 17.6 Å². The van der Waals surface area contributed by atoms with Gasteiger partial charge < -0.3 is 39.6 Å². The Morgan fingerprint density at radius 3 is 2.13 bits per heavy atom. The van der Waals surface area contributed by atoms with Crippen LogP contribution >= 0.6 is 0 Å². The number of benzene rings is 4. The summed E-state index contributed by atoms with van der Waals surface area (Å²) in [6, 6.07) is 35.1. The van der Waals surface area contributed by atoms with Crippen molar-refractivity contribution in [3.05, 3.63) is 142 Å². The molecule has 4 atom stereocenters. The molecular weight excluding hydrogens is 767 g/mol. The standard InChI is InChI=1S/C51H65N3O7/c1-37-21-26-43(32-42(37)31-39-24-22-38(23-25-39)19-14-20-45(55)53-48(2,3)47(56)52-27-30-54-28-12-13-29-54)51-46(59-35-41-17-10-7-11-18-41)44(58-34-40-15-8-6-9-16-40)33-50(61-51,36-60-51)49(4,5)57/h6-11,15-18,21-26,32,44,46,57H,12-14,19-20,27-31,33-36H2,1-5H3,(H,52,56)(H,53,55)/t44-,46+,50+,51-/m0/s1. The van der Waals surface area contributed by atoms with Crippen LogP contribution < -0.4 is 10.6 Å². The predicted molar refractivity (Wildman–Crippen MR) is 237 cm³/mol. The Morgan fingerprint density at radius 2 is 1.48 bits per heavy atom. The zero-order chi connectivity index (χ0) is 43.1. The number of rotatable bonds is 19. The van der Waals surface area contributed by atoms with E-state index >= 15 is 0 Å². The number of fused-ring (bicyclic) bond motifs is 2. The molecule has 0 aliphatic carbocycles. The molecule has 3 aliphatic rings. The third kappa shape index (κ3) is 10.8. The highest BCUT2D eigenvalue weighted by Gasteiger charge is 2.68. The number of hydrogen-bond acceptors (Lipinski definition) is 8. The summed E-state index contributed by atoms with van der Waals surface area (Å²) in [5.41, 5.74) is 4.24. The summed E-state index contributed by atoms with van der Waals surface area (Å²) < 4.78 is 27.4. The molecule has 0 saturated carbocycles. The van der Waals surface area contributed by atoms with Crippen LogP contribution in [0.25, 0.3) is 0 Å². The predicted octanol–water partition coefficient (Wildman–Crippen LogP) is 7.30. The van der Waals surface area contributed by atoms with Crippen molar-refractivity contribution in [1.82, 2.24) is 15.5 Å². The molecule has 10 heteroatoms. The Balaban J connectivity index is 1.02. The van der Waals surface area contributed by atoms with Crippen molar-refractivity contribution >= 4 is 11.8 Å². The third-order valence-corrected chi connectivity index (χ3v) is 12.8. The Hall–Kier alpha value is -4.42. The van der Waals surface area contributed by atoms with Gasteiger partial charge in [0, 0.05) is 31.5 Å². The number of ether oxygens (including phenoxy) is 4. The second-order valence-corrected chi connectivity index (χ2v) is 18.3. The van der Waals surface area contributed by atoms with Crippen LogP contribution in [0.1, 0.15) is 98.7 Å². The minimum Gasteiger partial charge on any atom is -0.387 e. The van der Waals surface area contributed by atoms with Crippen LogP contribution in [-0.4, -0.2) is 83.6 Å². The summed E-state index contributed by atoms with van der Waals surface area (Å²) in [5, 5.41) is 17.6. The Labute approximate surface area is 362 Å². The second-order valence-electron chi connectivity index (χ2n) is 18.3. The minimum absolute atomic E-state index is 0.124. The molecule has 2 amide bonds. The van der Waals surface area contributed by atoms with Gasteiger partial charge in [-0.1, -0.05) is 97.1 Å². The second kappa shape index (κ2) is 19.3. The van der Waals surface area contributed by atoms with E-state index in [-0.39, 0.29) is 18.4 Å². The summed E-state index contributed by atoms with van der Waals surface area (Å²) in [4.78, 5) is 28.1. The molecule has 3 heterocycles. The molecule has 2 bridgehead atoms. The summed E-state index contributed by atoms with van der Waals surface area (Å²) in [6.45, 7) is 13.7. The van der Waals surface area contributed by atoms with Gasteiger partial charge in [0.15, 0.2) is 0 Å². The third-order valence-electron chi connectivity index (χ3n) is 12.8. The number of amides is 2. The number of nitrogens with zero attached hydrogens (tertiary/aromatic N) is 1. The van der Waals surface area contributed by atoms with Gasteiger partial charge >= 0.3 is 0 Å². The van der Waals surface area contributed by atoms with E-state index in [4.69, 9.17) is 18.9 Å². The molecule has 0 aromatic heterocycles. The molecule has 326 valence electrons. The molecule has 10 nitrogen and oxygen atoms in total. The van der Waals surface area contributed by atoms with E-state index < -0.39 is 34.7 Å². The number of carbonyl (C=O) groups is 2. The molecule has 0 radical (unpaired) electrons. The fraction of sp³-hybridized carbons (Fsp3) is 0.490. The highest BCUT2D eigenvalue weighted by Crippen LogP contribution is 2.55. The molecule has 0 spiro atoms. The van der Waals surface area contributed by atoms with Crippen LogP contribution in [0, 0.1) is 6.92 Å². The lowest BCUT2D eigenvalue weighted by atomic mass is 9.77. The number of likely N-dealkylation sites (tertiary alicyclic amines) is 1. The topological polar surface area (TPSA) is 119 Å². The first kappa shape index (κ1) is 44.6. The molecule has 61 heavy (non-hydrogen) atoms. The van der Waals surface area contributed by atoms with Crippen LogP contribution in [-0.2, 0) is 60.4 Å². The molecule has 0 unspecified atom stereocenters. The van der Waals surface area contributed by atoms with E-state index in [2.05, 4.69) is 64.9 Å². The number of hydrogen-bond donors (Lipinski definition) is 3. The van der Waals surface area contributed by atoms with Crippen LogP contribution in [0.2, 0.25) is 0 Å². The van der Waals surface area contributed by atoms with Crippen molar-refractivity contribution in [3.8, 4) is 0 Å². The highest BCUT2D eigenvalue weighted by atomic mass is 16.8. The van der Waals surface area contributed by atoms with Crippen molar-refractivity contribution in [2.75, 3.05) is 32.8 Å². The average molecular weight is 832 g/mol. The molecule has 3 fully saturated rings. The summed E-state index contributed by atoms with van der Waals surface area (Å²) >= 11 is 0.